The number of hydrogen-bond acceptors (Lipinski definition) is 3. The predicted octanol–water partition coefficient (Wildman–Crippen LogP) is 2.62. The number of fused-ring (bicyclic) bond motifs is 3. The van der Waals surface area contributed by atoms with E-state index in [2.05, 4.69) is 26.5 Å². The van der Waals surface area contributed by atoms with Crippen LogP contribution in [0.4, 0.5) is 0 Å². The summed E-state index contributed by atoms with van der Waals surface area (Å²) in [7, 11) is 0. The quantitative estimate of drug-likeness (QED) is 0.286. The van der Waals surface area contributed by atoms with Crippen molar-refractivity contribution in [2.75, 3.05) is 0 Å². The number of esters is 1. The molecule has 2 heterocycles. The number of allylic oxidation sites excluding steroid dienone is 2. The van der Waals surface area contributed by atoms with Crippen molar-refractivity contribution in [1.29, 1.82) is 0 Å². The van der Waals surface area contributed by atoms with Crippen LogP contribution in [0.3, 0.4) is 0 Å². The lowest BCUT2D eigenvalue weighted by molar-refractivity contribution is -0.140. The van der Waals surface area contributed by atoms with Gasteiger partial charge < -0.3 is 9.47 Å². The second kappa shape index (κ2) is 4.23. The van der Waals surface area contributed by atoms with E-state index in [1.54, 1.807) is 0 Å². The van der Waals surface area contributed by atoms with Gasteiger partial charge >= 0.3 is 5.97 Å². The number of carbonyl (C=O) groups excluding carboxylic acids is 1. The third-order valence-electron chi connectivity index (χ3n) is 4.48. The molecule has 2 fully saturated rings. The first-order valence-corrected chi connectivity index (χ1v) is 6.79. The van der Waals surface area contributed by atoms with Gasteiger partial charge in [0.25, 0.3) is 0 Å². The van der Waals surface area contributed by atoms with E-state index in [0.29, 0.717) is 11.5 Å². The molecule has 0 N–H and O–H groups in total. The molecule has 0 amide bonds. The minimum atomic E-state index is -0.229. The van der Waals surface area contributed by atoms with Gasteiger partial charge in [0, 0.05) is 11.5 Å². The molecule has 0 bridgehead atoms. The fraction of sp³-hybridized carbons (Fsp3) is 0.667. The van der Waals surface area contributed by atoms with Crippen LogP contribution in [0.25, 0.3) is 0 Å². The van der Waals surface area contributed by atoms with Crippen molar-refractivity contribution < 1.29 is 14.3 Å². The molecule has 18 heavy (non-hydrogen) atoms. The first-order valence-electron chi connectivity index (χ1n) is 6.79. The highest BCUT2D eigenvalue weighted by Gasteiger charge is 2.55. The fourth-order valence-corrected chi connectivity index (χ4v) is 3.13. The molecule has 0 aromatic rings. The van der Waals surface area contributed by atoms with Crippen LogP contribution < -0.4 is 0 Å². The van der Waals surface area contributed by atoms with E-state index in [1.807, 2.05) is 0 Å². The molecular weight excluding hydrogens is 228 g/mol. The molecule has 98 valence electrons. The highest BCUT2D eigenvalue weighted by molar-refractivity contribution is 5.90. The van der Waals surface area contributed by atoms with Crippen LogP contribution in [0, 0.1) is 11.8 Å². The summed E-state index contributed by atoms with van der Waals surface area (Å²) in [5, 5.41) is 0. The first-order chi connectivity index (χ1) is 8.58. The van der Waals surface area contributed by atoms with Crippen molar-refractivity contribution in [1.82, 2.24) is 0 Å². The lowest BCUT2D eigenvalue weighted by Crippen LogP contribution is -2.26. The Bertz CT molecular complexity index is 423. The largest absolute Gasteiger partial charge is 0.455 e. The predicted molar refractivity (Wildman–Crippen MR) is 67.9 cm³/mol. The Balaban J connectivity index is 1.85. The van der Waals surface area contributed by atoms with E-state index in [4.69, 9.17) is 9.47 Å². The molecule has 0 aromatic heterocycles. The summed E-state index contributed by atoms with van der Waals surface area (Å²) in [6, 6.07) is 0. The van der Waals surface area contributed by atoms with Crippen LogP contribution in [-0.2, 0) is 14.3 Å². The minimum absolute atomic E-state index is 0.0941. The maximum atomic E-state index is 11.7. The molecule has 0 aromatic carbocycles. The van der Waals surface area contributed by atoms with E-state index < -0.39 is 0 Å². The van der Waals surface area contributed by atoms with E-state index >= 15 is 0 Å². The Labute approximate surface area is 108 Å². The van der Waals surface area contributed by atoms with Gasteiger partial charge in [-0.25, -0.2) is 4.79 Å². The molecular formula is C15H20O3. The fourth-order valence-electron chi connectivity index (χ4n) is 3.13. The number of hydrogen-bond donors (Lipinski definition) is 0. The molecule has 2 saturated heterocycles. The third kappa shape index (κ3) is 1.91. The molecule has 2 aliphatic heterocycles. The van der Waals surface area contributed by atoms with Gasteiger partial charge in [-0.05, 0) is 32.1 Å². The molecule has 0 spiro atoms. The zero-order chi connectivity index (χ0) is 12.9. The summed E-state index contributed by atoms with van der Waals surface area (Å²) in [5.74, 6) is 0.408. The Morgan fingerprint density at radius 2 is 2.11 bits per heavy atom. The van der Waals surface area contributed by atoms with Gasteiger partial charge in [0.2, 0.25) is 0 Å². The maximum Gasteiger partial charge on any atom is 0.334 e. The Morgan fingerprint density at radius 3 is 2.89 bits per heavy atom. The van der Waals surface area contributed by atoms with E-state index in [9.17, 15) is 4.79 Å². The van der Waals surface area contributed by atoms with Gasteiger partial charge in [-0.3, -0.25) is 0 Å². The number of epoxide rings is 1. The second-order valence-corrected chi connectivity index (χ2v) is 5.87. The number of ether oxygens (including phenoxy) is 2. The Kier molecular flexibility index (Phi) is 2.81. The van der Waals surface area contributed by atoms with E-state index in [1.165, 1.54) is 5.57 Å². The summed E-state index contributed by atoms with van der Waals surface area (Å²) in [4.78, 5) is 11.7. The van der Waals surface area contributed by atoms with Crippen molar-refractivity contribution in [3.63, 3.8) is 0 Å². The molecule has 1 aliphatic carbocycles. The van der Waals surface area contributed by atoms with E-state index in [-0.39, 0.29) is 30.2 Å². The molecule has 0 saturated carbocycles. The summed E-state index contributed by atoms with van der Waals surface area (Å²) >= 11 is 0. The maximum absolute atomic E-state index is 11.7. The monoisotopic (exact) mass is 248 g/mol. The van der Waals surface area contributed by atoms with Gasteiger partial charge in [0.05, 0.1) is 6.10 Å². The Morgan fingerprint density at radius 1 is 1.33 bits per heavy atom. The van der Waals surface area contributed by atoms with Gasteiger partial charge in [-0.15, -0.1) is 0 Å². The van der Waals surface area contributed by atoms with Gasteiger partial charge in [-0.2, -0.15) is 0 Å². The van der Waals surface area contributed by atoms with Gasteiger partial charge in [-0.1, -0.05) is 25.2 Å². The van der Waals surface area contributed by atoms with Crippen LogP contribution in [0.2, 0.25) is 0 Å². The van der Waals surface area contributed by atoms with Crippen LogP contribution in [0.5, 0.6) is 0 Å². The zero-order valence-electron chi connectivity index (χ0n) is 11.0. The van der Waals surface area contributed by atoms with Crippen molar-refractivity contribution in [2.24, 2.45) is 11.8 Å². The Hall–Kier alpha value is -1.09. The topological polar surface area (TPSA) is 38.8 Å². The van der Waals surface area contributed by atoms with Crippen LogP contribution >= 0.6 is 0 Å². The summed E-state index contributed by atoms with van der Waals surface area (Å²) in [5.41, 5.74) is 2.03. The first kappa shape index (κ1) is 12.0. The van der Waals surface area contributed by atoms with Crippen molar-refractivity contribution in [3.05, 3.63) is 23.8 Å². The standard InChI is InChI=1S/C15H20O3/c1-8-4-6-9(2)12-14(17-12)13-11(7-5-8)10(3)15(16)18-13/h4,9,11-14H,3,5-7H2,1-2H3/t9-,11-,12?,13-,14?/m0/s1. The van der Waals surface area contributed by atoms with Crippen molar-refractivity contribution in [3.8, 4) is 0 Å². The molecule has 2 unspecified atom stereocenters. The molecule has 3 rings (SSSR count). The summed E-state index contributed by atoms with van der Waals surface area (Å²) < 4.78 is 11.2. The molecule has 3 heteroatoms. The zero-order valence-corrected chi connectivity index (χ0v) is 11.0. The minimum Gasteiger partial charge on any atom is -0.455 e. The lowest BCUT2D eigenvalue weighted by Gasteiger charge is -2.18. The van der Waals surface area contributed by atoms with Crippen LogP contribution in [0.15, 0.2) is 23.8 Å². The average Bonchev–Trinajstić information content (AvgIpc) is 3.08. The number of carbonyl (C=O) groups is 1. The van der Waals surface area contributed by atoms with Gasteiger partial charge in [0.1, 0.15) is 12.2 Å². The van der Waals surface area contributed by atoms with Crippen LogP contribution in [-0.4, -0.2) is 24.3 Å². The van der Waals surface area contributed by atoms with Crippen molar-refractivity contribution >= 4 is 5.97 Å². The number of rotatable bonds is 0. The highest BCUT2D eigenvalue weighted by atomic mass is 16.6. The average molecular weight is 248 g/mol. The summed E-state index contributed by atoms with van der Waals surface area (Å²) in [6.45, 7) is 8.26. The van der Waals surface area contributed by atoms with E-state index in [0.717, 1.165) is 19.3 Å². The normalized spacial score (nSPS) is 43.7. The second-order valence-electron chi connectivity index (χ2n) is 5.87. The highest BCUT2D eigenvalue weighted by Crippen LogP contribution is 2.44. The molecule has 3 nitrogen and oxygen atoms in total. The SMILES string of the molecule is C=C1C(=O)O[C@@H]2C3OC3[C@@H](C)CC=C(C)CC[C@@H]12. The molecule has 0 radical (unpaired) electrons. The third-order valence-corrected chi connectivity index (χ3v) is 4.48. The lowest BCUT2D eigenvalue weighted by atomic mass is 9.85. The van der Waals surface area contributed by atoms with Crippen LogP contribution in [0.1, 0.15) is 33.1 Å². The summed E-state index contributed by atoms with van der Waals surface area (Å²) in [6.07, 6.45) is 5.57. The molecule has 3 aliphatic rings. The van der Waals surface area contributed by atoms with Crippen molar-refractivity contribution in [2.45, 2.75) is 51.4 Å². The molecule has 5 atom stereocenters. The van der Waals surface area contributed by atoms with Gasteiger partial charge in [0.15, 0.2) is 0 Å². The smallest absolute Gasteiger partial charge is 0.334 e.